The Morgan fingerprint density at radius 2 is 1.63 bits per heavy atom. The van der Waals surface area contributed by atoms with Crippen LogP contribution in [0.3, 0.4) is 0 Å². The maximum absolute atomic E-state index is 13.5. The number of para-hydroxylation sites is 1. The summed E-state index contributed by atoms with van der Waals surface area (Å²) in [5.41, 5.74) is -0.993. The van der Waals surface area contributed by atoms with E-state index in [1.165, 1.54) is 12.1 Å². The van der Waals surface area contributed by atoms with Gasteiger partial charge in [-0.1, -0.05) is 12.1 Å². The van der Waals surface area contributed by atoms with Crippen molar-refractivity contribution in [1.29, 1.82) is 0 Å². The molecule has 2 aromatic rings. The van der Waals surface area contributed by atoms with Crippen LogP contribution in [0.15, 0.2) is 36.4 Å². The number of esters is 1. The molecular weight excluding hydrogens is 419 g/mol. The van der Waals surface area contributed by atoms with Gasteiger partial charge in [0, 0.05) is 0 Å². The molecule has 0 saturated carbocycles. The Kier molecular flexibility index (Phi) is 7.67. The quantitative estimate of drug-likeness (QED) is 0.380. The van der Waals surface area contributed by atoms with Crippen LogP contribution < -0.4 is 15.4 Å². The first-order valence-corrected chi connectivity index (χ1v) is 8.10. The van der Waals surface area contributed by atoms with Gasteiger partial charge < -0.3 is 20.1 Å². The molecule has 2 aromatic carbocycles. The lowest BCUT2D eigenvalue weighted by Gasteiger charge is -2.11. The molecule has 12 heteroatoms. The molecule has 0 radical (unpaired) electrons. The zero-order valence-corrected chi connectivity index (χ0v) is 14.9. The van der Waals surface area contributed by atoms with Crippen molar-refractivity contribution in [3.05, 3.63) is 59.4 Å². The zero-order chi connectivity index (χ0) is 22.3. The smallest absolute Gasteiger partial charge is 0.387 e. The highest BCUT2D eigenvalue weighted by Crippen LogP contribution is 2.21. The van der Waals surface area contributed by atoms with Crippen LogP contribution in [0.5, 0.6) is 5.75 Å². The normalized spacial score (nSPS) is 10.5. The van der Waals surface area contributed by atoms with E-state index in [1.807, 2.05) is 10.6 Å². The van der Waals surface area contributed by atoms with Crippen LogP contribution in [0.4, 0.5) is 27.6 Å². The molecule has 0 saturated heterocycles. The number of amides is 2. The third kappa shape index (κ3) is 6.15. The van der Waals surface area contributed by atoms with Crippen molar-refractivity contribution in [2.24, 2.45) is 0 Å². The van der Waals surface area contributed by atoms with Crippen LogP contribution in [-0.4, -0.2) is 37.5 Å². The van der Waals surface area contributed by atoms with Gasteiger partial charge in [0.1, 0.15) is 11.3 Å². The second-order valence-corrected chi connectivity index (χ2v) is 5.50. The first-order valence-electron chi connectivity index (χ1n) is 8.10. The van der Waals surface area contributed by atoms with E-state index in [0.29, 0.717) is 6.07 Å². The molecule has 7 nitrogen and oxygen atoms in total. The fourth-order valence-corrected chi connectivity index (χ4v) is 2.09. The number of rotatable bonds is 8. The lowest BCUT2D eigenvalue weighted by Crippen LogP contribution is -2.35. The number of nitrogens with one attached hydrogen (secondary N) is 2. The Bertz CT molecular complexity index is 955. The minimum absolute atomic E-state index is 0.350. The fraction of sp³-hybridized carbons (Fsp3) is 0.167. The van der Waals surface area contributed by atoms with Gasteiger partial charge >= 0.3 is 12.6 Å². The number of carbonyl (C=O) groups is 3. The molecule has 0 aromatic heterocycles. The minimum Gasteiger partial charge on any atom is -0.452 e. The van der Waals surface area contributed by atoms with Crippen molar-refractivity contribution < 1.29 is 45.8 Å². The second kappa shape index (κ2) is 10.2. The number of alkyl halides is 2. The summed E-state index contributed by atoms with van der Waals surface area (Å²) in [5.74, 6) is -8.35. The molecule has 0 aliphatic rings. The van der Waals surface area contributed by atoms with Crippen molar-refractivity contribution in [1.82, 2.24) is 5.32 Å². The van der Waals surface area contributed by atoms with Gasteiger partial charge in [-0.05, 0) is 24.3 Å². The Morgan fingerprint density at radius 1 is 0.933 bits per heavy atom. The molecule has 0 atom stereocenters. The highest BCUT2D eigenvalue weighted by atomic mass is 19.3. The first-order chi connectivity index (χ1) is 14.2. The van der Waals surface area contributed by atoms with Gasteiger partial charge in [-0.2, -0.15) is 8.78 Å². The molecule has 160 valence electrons. The highest BCUT2D eigenvalue weighted by Gasteiger charge is 2.18. The maximum atomic E-state index is 13.5. The van der Waals surface area contributed by atoms with Gasteiger partial charge in [0.15, 0.2) is 24.1 Å². The van der Waals surface area contributed by atoms with Gasteiger partial charge in [-0.3, -0.25) is 9.59 Å². The molecule has 0 spiro atoms. The number of hydrogen-bond acceptors (Lipinski definition) is 5. The largest absolute Gasteiger partial charge is 0.452 e. The number of hydrogen-bond donors (Lipinski definition) is 2. The standard InChI is InChI=1S/C18H13F5N2O5/c19-10-5-6-11(16(21)15(10)20)25-13(26)7-24-14(27)8-29-17(28)9-3-1-2-4-12(9)30-18(22)23/h1-6,18H,7-8H2,(H,24,27)(H,25,26). The van der Waals surface area contributed by atoms with E-state index < -0.39 is 66.4 Å². The molecule has 2 N–H and O–H groups in total. The predicted molar refractivity (Wildman–Crippen MR) is 91.3 cm³/mol. The van der Waals surface area contributed by atoms with Crippen LogP contribution in [0.1, 0.15) is 10.4 Å². The van der Waals surface area contributed by atoms with E-state index >= 15 is 0 Å². The summed E-state index contributed by atoms with van der Waals surface area (Å²) in [4.78, 5) is 35.2. The van der Waals surface area contributed by atoms with E-state index in [2.05, 4.69) is 9.47 Å². The Balaban J connectivity index is 1.83. The molecule has 2 amide bonds. The lowest BCUT2D eigenvalue weighted by atomic mass is 10.2. The highest BCUT2D eigenvalue weighted by molar-refractivity contribution is 5.96. The number of anilines is 1. The number of benzene rings is 2. The summed E-state index contributed by atoms with van der Waals surface area (Å²) in [5, 5.41) is 3.95. The van der Waals surface area contributed by atoms with Gasteiger partial charge in [-0.15, -0.1) is 0 Å². The van der Waals surface area contributed by atoms with E-state index in [0.717, 1.165) is 18.2 Å². The van der Waals surface area contributed by atoms with Crippen LogP contribution in [0, 0.1) is 17.5 Å². The molecule has 30 heavy (non-hydrogen) atoms. The van der Waals surface area contributed by atoms with E-state index in [1.54, 1.807) is 0 Å². The van der Waals surface area contributed by atoms with Crippen LogP contribution in [0.25, 0.3) is 0 Å². The molecule has 0 aliphatic heterocycles. The molecule has 0 fully saturated rings. The molecule has 0 unspecified atom stereocenters. The van der Waals surface area contributed by atoms with Crippen LogP contribution >= 0.6 is 0 Å². The predicted octanol–water partition coefficient (Wildman–Crippen LogP) is 2.62. The van der Waals surface area contributed by atoms with Gasteiger partial charge in [0.25, 0.3) is 5.91 Å². The minimum atomic E-state index is -3.18. The van der Waals surface area contributed by atoms with Crippen LogP contribution in [0.2, 0.25) is 0 Å². The van der Waals surface area contributed by atoms with Crippen LogP contribution in [-0.2, 0) is 14.3 Å². The van der Waals surface area contributed by atoms with Crippen molar-refractivity contribution in [2.75, 3.05) is 18.5 Å². The van der Waals surface area contributed by atoms with E-state index in [-0.39, 0.29) is 5.56 Å². The molecule has 0 heterocycles. The topological polar surface area (TPSA) is 93.7 Å². The third-order valence-corrected chi connectivity index (χ3v) is 3.41. The lowest BCUT2D eigenvalue weighted by molar-refractivity contribution is -0.126. The van der Waals surface area contributed by atoms with Crippen molar-refractivity contribution >= 4 is 23.5 Å². The number of ether oxygens (including phenoxy) is 2. The average Bonchev–Trinajstić information content (AvgIpc) is 2.71. The molecule has 0 bridgehead atoms. The summed E-state index contributed by atoms with van der Waals surface area (Å²) in [6.45, 7) is -4.76. The summed E-state index contributed by atoms with van der Waals surface area (Å²) in [6.07, 6.45) is 0. The Hall–Kier alpha value is -3.70. The second-order valence-electron chi connectivity index (χ2n) is 5.50. The van der Waals surface area contributed by atoms with Gasteiger partial charge in [-0.25, -0.2) is 18.0 Å². The van der Waals surface area contributed by atoms with Crippen molar-refractivity contribution in [3.8, 4) is 5.75 Å². The maximum Gasteiger partial charge on any atom is 0.387 e. The van der Waals surface area contributed by atoms with Crippen molar-refractivity contribution in [3.63, 3.8) is 0 Å². The third-order valence-electron chi connectivity index (χ3n) is 3.41. The summed E-state index contributed by atoms with van der Waals surface area (Å²) in [6, 6.07) is 6.33. The Labute approximate surface area is 165 Å². The number of carbonyl (C=O) groups excluding carboxylic acids is 3. The van der Waals surface area contributed by atoms with Gasteiger partial charge in [0.2, 0.25) is 5.91 Å². The SMILES string of the molecule is O=C(COC(=O)c1ccccc1OC(F)F)NCC(=O)Nc1ccc(F)c(F)c1F. The zero-order valence-electron chi connectivity index (χ0n) is 14.9. The monoisotopic (exact) mass is 432 g/mol. The Morgan fingerprint density at radius 3 is 2.33 bits per heavy atom. The van der Waals surface area contributed by atoms with Gasteiger partial charge in [0.05, 0.1) is 12.2 Å². The molecule has 0 aliphatic carbocycles. The van der Waals surface area contributed by atoms with Crippen molar-refractivity contribution in [2.45, 2.75) is 6.61 Å². The van der Waals surface area contributed by atoms with E-state index in [9.17, 15) is 36.3 Å². The van der Waals surface area contributed by atoms with E-state index in [4.69, 9.17) is 0 Å². The first kappa shape index (κ1) is 22.6. The average molecular weight is 432 g/mol. The fourth-order valence-electron chi connectivity index (χ4n) is 2.09. The summed E-state index contributed by atoms with van der Waals surface area (Å²) in [7, 11) is 0. The molecular formula is C18H13F5N2O5. The summed E-state index contributed by atoms with van der Waals surface area (Å²) < 4.78 is 72.9. The summed E-state index contributed by atoms with van der Waals surface area (Å²) >= 11 is 0. The number of halogens is 5. The molecule has 2 rings (SSSR count).